The Hall–Kier alpha value is -1.13. The van der Waals surface area contributed by atoms with Crippen LogP contribution in [0.1, 0.15) is 17.8 Å². The SMILES string of the molecule is CNCc1nc(C)ccc1OCC1CCOC1. The highest BCUT2D eigenvalue weighted by Gasteiger charge is 2.17. The van der Waals surface area contributed by atoms with Crippen LogP contribution in [0.3, 0.4) is 0 Å². The van der Waals surface area contributed by atoms with Crippen LogP contribution in [0.25, 0.3) is 0 Å². The maximum Gasteiger partial charge on any atom is 0.142 e. The predicted octanol–water partition coefficient (Wildman–Crippen LogP) is 1.52. The van der Waals surface area contributed by atoms with E-state index in [1.54, 1.807) is 0 Å². The van der Waals surface area contributed by atoms with Gasteiger partial charge in [0.1, 0.15) is 5.75 Å². The lowest BCUT2D eigenvalue weighted by atomic mass is 10.1. The Morgan fingerprint density at radius 1 is 1.53 bits per heavy atom. The highest BCUT2D eigenvalue weighted by molar-refractivity contribution is 5.29. The van der Waals surface area contributed by atoms with E-state index in [4.69, 9.17) is 9.47 Å². The Morgan fingerprint density at radius 3 is 3.12 bits per heavy atom. The van der Waals surface area contributed by atoms with Gasteiger partial charge in [-0.1, -0.05) is 0 Å². The van der Waals surface area contributed by atoms with E-state index in [9.17, 15) is 0 Å². The highest BCUT2D eigenvalue weighted by Crippen LogP contribution is 2.20. The third-order valence-corrected chi connectivity index (χ3v) is 2.91. The average molecular weight is 236 g/mol. The van der Waals surface area contributed by atoms with Gasteiger partial charge in [-0.2, -0.15) is 0 Å². The summed E-state index contributed by atoms with van der Waals surface area (Å²) in [6.45, 7) is 5.14. The molecule has 0 radical (unpaired) electrons. The monoisotopic (exact) mass is 236 g/mol. The van der Waals surface area contributed by atoms with Crippen LogP contribution in [-0.4, -0.2) is 31.9 Å². The smallest absolute Gasteiger partial charge is 0.142 e. The lowest BCUT2D eigenvalue weighted by Crippen LogP contribution is -2.15. The van der Waals surface area contributed by atoms with E-state index in [-0.39, 0.29) is 0 Å². The molecule has 0 bridgehead atoms. The van der Waals surface area contributed by atoms with E-state index in [0.717, 1.165) is 49.9 Å². The van der Waals surface area contributed by atoms with Crippen LogP contribution in [0.4, 0.5) is 0 Å². The largest absolute Gasteiger partial charge is 0.491 e. The van der Waals surface area contributed by atoms with Gasteiger partial charge in [0.05, 0.1) is 18.9 Å². The summed E-state index contributed by atoms with van der Waals surface area (Å²) in [5.41, 5.74) is 2.00. The van der Waals surface area contributed by atoms with Gasteiger partial charge in [-0.25, -0.2) is 0 Å². The highest BCUT2D eigenvalue weighted by atomic mass is 16.5. The minimum Gasteiger partial charge on any atom is -0.491 e. The van der Waals surface area contributed by atoms with Crippen LogP contribution in [-0.2, 0) is 11.3 Å². The number of aryl methyl sites for hydroxylation is 1. The summed E-state index contributed by atoms with van der Waals surface area (Å²) in [4.78, 5) is 4.49. The van der Waals surface area contributed by atoms with Crippen LogP contribution in [0.5, 0.6) is 5.75 Å². The van der Waals surface area contributed by atoms with Crippen LogP contribution in [0.15, 0.2) is 12.1 Å². The van der Waals surface area contributed by atoms with Crippen molar-refractivity contribution < 1.29 is 9.47 Å². The topological polar surface area (TPSA) is 43.4 Å². The van der Waals surface area contributed by atoms with Crippen molar-refractivity contribution in [3.05, 3.63) is 23.5 Å². The molecule has 2 heterocycles. The zero-order valence-electron chi connectivity index (χ0n) is 10.5. The molecule has 0 amide bonds. The van der Waals surface area contributed by atoms with E-state index < -0.39 is 0 Å². The molecule has 0 saturated carbocycles. The summed E-state index contributed by atoms with van der Waals surface area (Å²) in [6, 6.07) is 3.99. The molecule has 0 spiro atoms. The van der Waals surface area contributed by atoms with Crippen LogP contribution < -0.4 is 10.1 Å². The lowest BCUT2D eigenvalue weighted by molar-refractivity contribution is 0.166. The first-order valence-electron chi connectivity index (χ1n) is 6.11. The molecular weight excluding hydrogens is 216 g/mol. The summed E-state index contributed by atoms with van der Waals surface area (Å²) in [5, 5.41) is 3.11. The van der Waals surface area contributed by atoms with Gasteiger partial charge < -0.3 is 14.8 Å². The second kappa shape index (κ2) is 5.98. The molecule has 94 valence electrons. The average Bonchev–Trinajstić information content (AvgIpc) is 2.81. The second-order valence-electron chi connectivity index (χ2n) is 4.47. The standard InChI is InChI=1S/C13H20N2O2/c1-10-3-4-13(12(15-10)7-14-2)17-9-11-5-6-16-8-11/h3-4,11,14H,5-9H2,1-2H3. The van der Waals surface area contributed by atoms with Gasteiger partial charge in [-0.3, -0.25) is 4.98 Å². The molecule has 0 aromatic carbocycles. The zero-order valence-corrected chi connectivity index (χ0v) is 10.5. The third-order valence-electron chi connectivity index (χ3n) is 2.91. The summed E-state index contributed by atoms with van der Waals surface area (Å²) in [7, 11) is 1.92. The van der Waals surface area contributed by atoms with Crippen molar-refractivity contribution in [3.63, 3.8) is 0 Å². The Balaban J connectivity index is 1.98. The van der Waals surface area contributed by atoms with Crippen molar-refractivity contribution in [2.75, 3.05) is 26.9 Å². The Bertz CT molecular complexity index is 362. The van der Waals surface area contributed by atoms with E-state index >= 15 is 0 Å². The van der Waals surface area contributed by atoms with Crippen molar-refractivity contribution in [1.29, 1.82) is 0 Å². The molecule has 1 aliphatic rings. The molecule has 1 atom stereocenters. The molecule has 1 aromatic heterocycles. The number of nitrogens with zero attached hydrogens (tertiary/aromatic N) is 1. The Kier molecular flexibility index (Phi) is 4.34. The Labute approximate surface area is 102 Å². The number of pyridine rings is 1. The number of ether oxygens (including phenoxy) is 2. The third kappa shape index (κ3) is 3.41. The molecule has 4 nitrogen and oxygen atoms in total. The molecule has 1 aliphatic heterocycles. The molecule has 0 aliphatic carbocycles. The van der Waals surface area contributed by atoms with Crippen LogP contribution >= 0.6 is 0 Å². The van der Waals surface area contributed by atoms with Crippen molar-refractivity contribution in [2.45, 2.75) is 19.9 Å². The lowest BCUT2D eigenvalue weighted by Gasteiger charge is -2.13. The normalized spacial score (nSPS) is 19.5. The summed E-state index contributed by atoms with van der Waals surface area (Å²) < 4.78 is 11.2. The van der Waals surface area contributed by atoms with Gasteiger partial charge in [-0.15, -0.1) is 0 Å². The van der Waals surface area contributed by atoms with Crippen molar-refractivity contribution >= 4 is 0 Å². The van der Waals surface area contributed by atoms with E-state index in [2.05, 4.69) is 10.3 Å². The van der Waals surface area contributed by atoms with Crippen LogP contribution in [0, 0.1) is 12.8 Å². The molecule has 2 rings (SSSR count). The fraction of sp³-hybridized carbons (Fsp3) is 0.615. The van der Waals surface area contributed by atoms with E-state index in [1.165, 1.54) is 0 Å². The second-order valence-corrected chi connectivity index (χ2v) is 4.47. The van der Waals surface area contributed by atoms with Gasteiger partial charge in [0.2, 0.25) is 0 Å². The van der Waals surface area contributed by atoms with Crippen molar-refractivity contribution in [3.8, 4) is 5.75 Å². The Morgan fingerprint density at radius 2 is 2.41 bits per heavy atom. The van der Waals surface area contributed by atoms with Crippen LogP contribution in [0.2, 0.25) is 0 Å². The fourth-order valence-electron chi connectivity index (χ4n) is 1.95. The molecular formula is C13H20N2O2. The first-order chi connectivity index (χ1) is 8.29. The van der Waals surface area contributed by atoms with Crippen molar-refractivity contribution in [2.24, 2.45) is 5.92 Å². The number of hydrogen-bond donors (Lipinski definition) is 1. The van der Waals surface area contributed by atoms with E-state index in [1.807, 2.05) is 26.1 Å². The summed E-state index contributed by atoms with van der Waals surface area (Å²) >= 11 is 0. The number of hydrogen-bond acceptors (Lipinski definition) is 4. The maximum atomic E-state index is 5.85. The van der Waals surface area contributed by atoms with Crippen molar-refractivity contribution in [1.82, 2.24) is 10.3 Å². The minimum absolute atomic E-state index is 0.527. The van der Waals surface area contributed by atoms with Gasteiger partial charge in [0.25, 0.3) is 0 Å². The van der Waals surface area contributed by atoms with E-state index in [0.29, 0.717) is 5.92 Å². The number of aromatic nitrogens is 1. The first-order valence-corrected chi connectivity index (χ1v) is 6.11. The first kappa shape index (κ1) is 12.3. The predicted molar refractivity (Wildman–Crippen MR) is 66.2 cm³/mol. The molecule has 4 heteroatoms. The number of nitrogens with one attached hydrogen (secondary N) is 1. The van der Waals surface area contributed by atoms with Gasteiger partial charge in [-0.05, 0) is 32.5 Å². The summed E-state index contributed by atoms with van der Waals surface area (Å²) in [5.74, 6) is 1.41. The maximum absolute atomic E-state index is 5.85. The molecule has 1 aromatic rings. The van der Waals surface area contributed by atoms with Gasteiger partial charge in [0.15, 0.2) is 0 Å². The summed E-state index contributed by atoms with van der Waals surface area (Å²) in [6.07, 6.45) is 1.10. The fourth-order valence-corrected chi connectivity index (χ4v) is 1.95. The molecule has 17 heavy (non-hydrogen) atoms. The zero-order chi connectivity index (χ0) is 12.1. The molecule has 1 saturated heterocycles. The molecule has 1 unspecified atom stereocenters. The minimum atomic E-state index is 0.527. The van der Waals surface area contributed by atoms with Gasteiger partial charge in [0, 0.05) is 24.8 Å². The van der Waals surface area contributed by atoms with Gasteiger partial charge >= 0.3 is 0 Å². The number of rotatable bonds is 5. The molecule has 1 N–H and O–H groups in total. The quantitative estimate of drug-likeness (QED) is 0.842. The molecule has 1 fully saturated rings.